The molecule has 3 aromatic rings. The van der Waals surface area contributed by atoms with Crippen LogP contribution < -0.4 is 10.2 Å². The van der Waals surface area contributed by atoms with E-state index < -0.39 is 24.5 Å². The minimum atomic E-state index is -4.32. The van der Waals surface area contributed by atoms with Gasteiger partial charge >= 0.3 is 6.18 Å². The van der Waals surface area contributed by atoms with Crippen LogP contribution >= 0.6 is 11.6 Å². The van der Waals surface area contributed by atoms with Crippen molar-refractivity contribution in [3.8, 4) is 0 Å². The molecule has 5 rings (SSSR count). The van der Waals surface area contributed by atoms with E-state index in [-0.39, 0.29) is 29.9 Å². The number of hydrogen-bond acceptors (Lipinski definition) is 3. The Labute approximate surface area is 191 Å². The smallest absolute Gasteiger partial charge is 0.372 e. The lowest BCUT2D eigenvalue weighted by molar-refractivity contribution is -0.175. The Morgan fingerprint density at radius 1 is 1.18 bits per heavy atom. The van der Waals surface area contributed by atoms with Gasteiger partial charge in [0, 0.05) is 40.8 Å². The summed E-state index contributed by atoms with van der Waals surface area (Å²) < 4.78 is 56.2. The molecule has 2 aliphatic rings. The average Bonchev–Trinajstić information content (AvgIpc) is 3.08. The summed E-state index contributed by atoms with van der Waals surface area (Å²) in [4.78, 5) is 17.6. The molecule has 0 spiro atoms. The summed E-state index contributed by atoms with van der Waals surface area (Å²) in [7, 11) is 0. The third kappa shape index (κ3) is 4.52. The number of nitrogens with zero attached hydrogens (tertiary/aromatic N) is 1. The standard InChI is InChI=1S/C23H20ClF4N3O2/c24-13-2-3-19-14(6-13)20(7-29-19)30-22(32)12-1-4-21(18(25)5-12)31-8-15-16(9-31)17(15)10-33-11-23(26,27)28/h1-7,15-17,29H,8-11H2,(H,30,32)/t15-,16+,17?. The van der Waals surface area contributed by atoms with Crippen LogP contribution in [0.3, 0.4) is 0 Å². The number of aromatic amines is 1. The van der Waals surface area contributed by atoms with E-state index in [1.165, 1.54) is 6.07 Å². The van der Waals surface area contributed by atoms with Crippen LogP contribution in [0.1, 0.15) is 10.4 Å². The van der Waals surface area contributed by atoms with Gasteiger partial charge in [-0.25, -0.2) is 4.39 Å². The van der Waals surface area contributed by atoms with Crippen molar-refractivity contribution in [2.45, 2.75) is 6.18 Å². The molecule has 1 aromatic heterocycles. The van der Waals surface area contributed by atoms with Crippen LogP contribution in [0.2, 0.25) is 5.02 Å². The van der Waals surface area contributed by atoms with E-state index in [0.29, 0.717) is 29.5 Å². The minimum Gasteiger partial charge on any atom is -0.372 e. The number of halogens is 5. The third-order valence-corrected chi connectivity index (χ3v) is 6.63. The average molecular weight is 482 g/mol. The first-order valence-electron chi connectivity index (χ1n) is 10.5. The van der Waals surface area contributed by atoms with Crippen molar-refractivity contribution in [2.75, 3.05) is 36.5 Å². The van der Waals surface area contributed by atoms with Gasteiger partial charge in [-0.15, -0.1) is 0 Å². The molecule has 1 aliphatic heterocycles. The van der Waals surface area contributed by atoms with Crippen molar-refractivity contribution in [3.63, 3.8) is 0 Å². The van der Waals surface area contributed by atoms with Crippen LogP contribution in [-0.2, 0) is 4.74 Å². The number of ether oxygens (including phenoxy) is 1. The summed E-state index contributed by atoms with van der Waals surface area (Å²) in [6.07, 6.45) is -2.68. The van der Waals surface area contributed by atoms with Gasteiger partial charge in [0.05, 0.1) is 18.0 Å². The van der Waals surface area contributed by atoms with Crippen LogP contribution in [0.5, 0.6) is 0 Å². The molecule has 2 fully saturated rings. The molecule has 0 radical (unpaired) electrons. The maximum absolute atomic E-state index is 14.8. The van der Waals surface area contributed by atoms with Crippen LogP contribution in [0, 0.1) is 23.6 Å². The number of aromatic nitrogens is 1. The summed E-state index contributed by atoms with van der Waals surface area (Å²) in [6, 6.07) is 9.59. The Kier molecular flexibility index (Phi) is 5.49. The fourth-order valence-corrected chi connectivity index (χ4v) is 4.87. The van der Waals surface area contributed by atoms with Crippen molar-refractivity contribution in [2.24, 2.45) is 17.8 Å². The highest BCUT2D eigenvalue weighted by atomic mass is 35.5. The Morgan fingerprint density at radius 2 is 1.94 bits per heavy atom. The Hall–Kier alpha value is -2.78. The highest BCUT2D eigenvalue weighted by molar-refractivity contribution is 6.31. The van der Waals surface area contributed by atoms with Crippen LogP contribution in [-0.4, -0.2) is 43.4 Å². The molecule has 2 N–H and O–H groups in total. The first-order chi connectivity index (χ1) is 15.7. The lowest BCUT2D eigenvalue weighted by atomic mass is 10.1. The zero-order chi connectivity index (χ0) is 23.3. The van der Waals surface area contributed by atoms with Gasteiger partial charge in [0.25, 0.3) is 5.91 Å². The zero-order valence-electron chi connectivity index (χ0n) is 17.3. The normalized spacial score (nSPS) is 22.0. The number of piperidine rings is 1. The predicted octanol–water partition coefficient (Wildman–Crippen LogP) is 5.47. The van der Waals surface area contributed by atoms with Gasteiger partial charge in [0.15, 0.2) is 0 Å². The Bertz CT molecular complexity index is 1200. The van der Waals surface area contributed by atoms with Crippen LogP contribution in [0.15, 0.2) is 42.6 Å². The number of carbonyl (C=O) groups excluding carboxylic acids is 1. The number of H-pyrrole nitrogens is 1. The maximum atomic E-state index is 14.8. The summed E-state index contributed by atoms with van der Waals surface area (Å²) in [5.74, 6) is -0.478. The zero-order valence-corrected chi connectivity index (χ0v) is 18.0. The first kappa shape index (κ1) is 22.0. The van der Waals surface area contributed by atoms with E-state index in [2.05, 4.69) is 10.3 Å². The number of carbonyl (C=O) groups is 1. The molecule has 3 atom stereocenters. The summed E-state index contributed by atoms with van der Waals surface area (Å²) in [6.45, 7) is -0.0493. The second kappa shape index (κ2) is 8.22. The van der Waals surface area contributed by atoms with Gasteiger partial charge in [0.2, 0.25) is 0 Å². The second-order valence-corrected chi connectivity index (χ2v) is 8.98. The van der Waals surface area contributed by atoms with Gasteiger partial charge in [0.1, 0.15) is 12.4 Å². The number of amides is 1. The van der Waals surface area contributed by atoms with E-state index in [0.717, 1.165) is 10.9 Å². The third-order valence-electron chi connectivity index (χ3n) is 6.39. The largest absolute Gasteiger partial charge is 0.411 e. The van der Waals surface area contributed by atoms with Gasteiger partial charge in [-0.05, 0) is 54.2 Å². The van der Waals surface area contributed by atoms with Crippen molar-refractivity contribution < 1.29 is 27.1 Å². The van der Waals surface area contributed by atoms with Gasteiger partial charge in [-0.1, -0.05) is 11.6 Å². The Balaban J connectivity index is 1.20. The van der Waals surface area contributed by atoms with Crippen molar-refractivity contribution in [3.05, 3.63) is 59.0 Å². The highest BCUT2D eigenvalue weighted by Gasteiger charge is 2.56. The fourth-order valence-electron chi connectivity index (χ4n) is 4.70. The predicted molar refractivity (Wildman–Crippen MR) is 117 cm³/mol. The van der Waals surface area contributed by atoms with E-state index in [1.54, 1.807) is 36.5 Å². The maximum Gasteiger partial charge on any atom is 0.411 e. The van der Waals surface area contributed by atoms with Crippen LogP contribution in [0.25, 0.3) is 10.9 Å². The number of benzene rings is 2. The molecular formula is C23H20ClF4N3O2. The molecular weight excluding hydrogens is 462 g/mol. The molecule has 174 valence electrons. The fraction of sp³-hybridized carbons (Fsp3) is 0.348. The summed E-state index contributed by atoms with van der Waals surface area (Å²) in [5, 5.41) is 4.05. The van der Waals surface area contributed by atoms with E-state index >= 15 is 0 Å². The van der Waals surface area contributed by atoms with Crippen molar-refractivity contribution >= 4 is 39.8 Å². The lowest BCUT2D eigenvalue weighted by Gasteiger charge is -2.23. The number of alkyl halides is 3. The summed E-state index contributed by atoms with van der Waals surface area (Å²) >= 11 is 6.03. The van der Waals surface area contributed by atoms with Crippen LogP contribution in [0.4, 0.5) is 28.9 Å². The second-order valence-electron chi connectivity index (χ2n) is 8.54. The molecule has 1 amide bonds. The summed E-state index contributed by atoms with van der Waals surface area (Å²) in [5.41, 5.74) is 1.91. The Morgan fingerprint density at radius 3 is 2.64 bits per heavy atom. The van der Waals surface area contributed by atoms with Gasteiger partial charge in [-0.3, -0.25) is 4.79 Å². The quantitative estimate of drug-likeness (QED) is 0.459. The number of anilines is 2. The van der Waals surface area contributed by atoms with E-state index in [1.807, 2.05) is 4.90 Å². The molecule has 10 heteroatoms. The minimum absolute atomic E-state index is 0.0727. The van der Waals surface area contributed by atoms with E-state index in [9.17, 15) is 22.4 Å². The number of fused-ring (bicyclic) bond motifs is 2. The molecule has 2 aromatic carbocycles. The van der Waals surface area contributed by atoms with Gasteiger partial charge in [-0.2, -0.15) is 13.2 Å². The molecule has 5 nitrogen and oxygen atoms in total. The SMILES string of the molecule is O=C(Nc1c[nH]c2ccc(Cl)cc12)c1ccc(N2C[C@@H]3C(COCC(F)(F)F)[C@@H]3C2)c(F)c1. The monoisotopic (exact) mass is 481 g/mol. The number of nitrogens with one attached hydrogen (secondary N) is 2. The first-order valence-corrected chi connectivity index (χ1v) is 10.8. The molecule has 0 bridgehead atoms. The molecule has 1 saturated carbocycles. The molecule has 1 aliphatic carbocycles. The van der Waals surface area contributed by atoms with Crippen molar-refractivity contribution in [1.82, 2.24) is 4.98 Å². The molecule has 2 heterocycles. The van der Waals surface area contributed by atoms with Crippen molar-refractivity contribution in [1.29, 1.82) is 0 Å². The van der Waals surface area contributed by atoms with E-state index in [4.69, 9.17) is 16.3 Å². The highest BCUT2D eigenvalue weighted by Crippen LogP contribution is 2.53. The molecule has 1 unspecified atom stereocenters. The molecule has 33 heavy (non-hydrogen) atoms. The molecule has 1 saturated heterocycles. The lowest BCUT2D eigenvalue weighted by Crippen LogP contribution is -2.27. The number of rotatable bonds is 6. The van der Waals surface area contributed by atoms with Gasteiger partial charge < -0.3 is 19.9 Å². The topological polar surface area (TPSA) is 57.4 Å². The number of hydrogen-bond donors (Lipinski definition) is 2.